The second kappa shape index (κ2) is 3.36. The van der Waals surface area contributed by atoms with Crippen molar-refractivity contribution in [3.63, 3.8) is 0 Å². The van der Waals surface area contributed by atoms with Crippen LogP contribution in [-0.4, -0.2) is 15.4 Å². The van der Waals surface area contributed by atoms with E-state index in [4.69, 9.17) is 14.7 Å². The van der Waals surface area contributed by atoms with E-state index in [1.807, 2.05) is 13.0 Å². The van der Waals surface area contributed by atoms with Crippen molar-refractivity contribution in [3.05, 3.63) is 17.5 Å². The lowest BCUT2D eigenvalue weighted by Gasteiger charge is -1.94. The van der Waals surface area contributed by atoms with Crippen LogP contribution < -0.4 is 11.1 Å². The Morgan fingerprint density at radius 3 is 2.93 bits per heavy atom. The average Bonchev–Trinajstić information content (AvgIpc) is 2.72. The molecule has 0 amide bonds. The Bertz CT molecular complexity index is 381. The van der Waals surface area contributed by atoms with Crippen molar-refractivity contribution in [1.29, 1.82) is 0 Å². The number of nitrogens with one attached hydrogen (secondary N) is 1. The molecule has 0 saturated carbocycles. The van der Waals surface area contributed by atoms with Crippen molar-refractivity contribution in [3.8, 4) is 0 Å². The number of hydrogen-bond acceptors (Lipinski definition) is 7. The smallest absolute Gasteiger partial charge is 0.317 e. The van der Waals surface area contributed by atoms with Crippen molar-refractivity contribution in [2.24, 2.45) is 0 Å². The molecule has 0 aliphatic rings. The quantitative estimate of drug-likeness (QED) is 0.737. The largest absolute Gasteiger partial charge is 0.390 e. The van der Waals surface area contributed by atoms with Gasteiger partial charge < -0.3 is 20.0 Å². The van der Waals surface area contributed by atoms with Crippen molar-refractivity contribution in [2.45, 2.75) is 13.5 Å². The molecule has 0 fully saturated rings. The fourth-order valence-corrected chi connectivity index (χ4v) is 0.973. The summed E-state index contributed by atoms with van der Waals surface area (Å²) in [6.45, 7) is 2.28. The van der Waals surface area contributed by atoms with E-state index in [1.165, 1.54) is 0 Å². The molecule has 7 heteroatoms. The molecule has 2 rings (SSSR count). The van der Waals surface area contributed by atoms with Gasteiger partial charge in [-0.3, -0.25) is 0 Å². The molecule has 74 valence electrons. The first-order chi connectivity index (χ1) is 6.74. The van der Waals surface area contributed by atoms with E-state index in [9.17, 15) is 0 Å². The topological polar surface area (TPSA) is 103 Å². The number of nitrogens with two attached hydrogens (primary N) is 1. The number of nitrogens with zero attached hydrogens (tertiary/aromatic N) is 3. The van der Waals surface area contributed by atoms with Crippen molar-refractivity contribution in [1.82, 2.24) is 15.4 Å². The maximum Gasteiger partial charge on any atom is 0.317 e. The molecular weight excluding hydrogens is 186 g/mol. The summed E-state index contributed by atoms with van der Waals surface area (Å²) < 4.78 is 9.77. The third-order valence-electron chi connectivity index (χ3n) is 1.54. The third-order valence-corrected chi connectivity index (χ3v) is 1.54. The van der Waals surface area contributed by atoms with E-state index < -0.39 is 0 Å². The molecule has 0 aliphatic carbocycles. The van der Waals surface area contributed by atoms with Crippen LogP contribution in [0.25, 0.3) is 0 Å². The maximum atomic E-state index is 5.24. The SMILES string of the molecule is Cc1cc(CNc2nnc(N)o2)no1. The molecule has 0 aliphatic heterocycles. The molecule has 0 radical (unpaired) electrons. The van der Waals surface area contributed by atoms with E-state index in [0.29, 0.717) is 6.54 Å². The molecular formula is C7H9N5O2. The number of hydrogen-bond donors (Lipinski definition) is 2. The second-order valence-corrected chi connectivity index (χ2v) is 2.73. The Morgan fingerprint density at radius 2 is 2.36 bits per heavy atom. The van der Waals surface area contributed by atoms with Gasteiger partial charge in [0.2, 0.25) is 0 Å². The molecule has 2 aromatic heterocycles. The van der Waals surface area contributed by atoms with Crippen molar-refractivity contribution >= 4 is 12.0 Å². The highest BCUT2D eigenvalue weighted by atomic mass is 16.5. The lowest BCUT2D eigenvalue weighted by molar-refractivity contribution is 0.391. The van der Waals surface area contributed by atoms with Gasteiger partial charge in [-0.05, 0) is 6.92 Å². The molecule has 0 aromatic carbocycles. The highest BCUT2D eigenvalue weighted by Gasteiger charge is 2.04. The Morgan fingerprint density at radius 1 is 1.50 bits per heavy atom. The third kappa shape index (κ3) is 1.82. The van der Waals surface area contributed by atoms with Crippen LogP contribution in [0.2, 0.25) is 0 Å². The summed E-state index contributed by atoms with van der Waals surface area (Å²) in [4.78, 5) is 0. The fraction of sp³-hybridized carbons (Fsp3) is 0.286. The average molecular weight is 195 g/mol. The zero-order chi connectivity index (χ0) is 9.97. The van der Waals surface area contributed by atoms with Gasteiger partial charge in [-0.15, -0.1) is 0 Å². The highest BCUT2D eigenvalue weighted by Crippen LogP contribution is 2.08. The molecule has 14 heavy (non-hydrogen) atoms. The zero-order valence-corrected chi connectivity index (χ0v) is 7.52. The Hall–Kier alpha value is -2.05. The van der Waals surface area contributed by atoms with Crippen LogP contribution in [-0.2, 0) is 6.54 Å². The molecule has 0 atom stereocenters. The minimum absolute atomic E-state index is 0.0313. The van der Waals surface area contributed by atoms with Gasteiger partial charge in [0.25, 0.3) is 0 Å². The van der Waals surface area contributed by atoms with E-state index in [-0.39, 0.29) is 12.0 Å². The minimum Gasteiger partial charge on any atom is -0.390 e. The van der Waals surface area contributed by atoms with Gasteiger partial charge in [0.1, 0.15) is 11.5 Å². The van der Waals surface area contributed by atoms with Gasteiger partial charge in [0.05, 0.1) is 6.54 Å². The van der Waals surface area contributed by atoms with Crippen LogP contribution >= 0.6 is 0 Å². The van der Waals surface area contributed by atoms with Gasteiger partial charge >= 0.3 is 12.0 Å². The van der Waals surface area contributed by atoms with Gasteiger partial charge in [-0.2, -0.15) is 0 Å². The van der Waals surface area contributed by atoms with Crippen LogP contribution in [0.5, 0.6) is 0 Å². The van der Waals surface area contributed by atoms with Crippen LogP contribution in [0.15, 0.2) is 15.0 Å². The Balaban J connectivity index is 1.94. The number of rotatable bonds is 3. The van der Waals surface area contributed by atoms with E-state index in [0.717, 1.165) is 11.5 Å². The Labute approximate surface area is 79.3 Å². The predicted octanol–water partition coefficient (Wildman–Crippen LogP) is 0.560. The zero-order valence-electron chi connectivity index (χ0n) is 7.52. The van der Waals surface area contributed by atoms with Gasteiger partial charge in [-0.25, -0.2) is 0 Å². The standard InChI is InChI=1S/C7H9N5O2/c1-4-2-5(12-14-4)3-9-7-11-10-6(8)13-7/h2H,3H2,1H3,(H2,8,10)(H,9,11). The molecule has 2 aromatic rings. The number of aryl methyl sites for hydroxylation is 1. The van der Waals surface area contributed by atoms with E-state index >= 15 is 0 Å². The van der Waals surface area contributed by atoms with Gasteiger partial charge in [-0.1, -0.05) is 15.4 Å². The fourth-order valence-electron chi connectivity index (χ4n) is 0.973. The van der Waals surface area contributed by atoms with Gasteiger partial charge in [0.15, 0.2) is 0 Å². The molecule has 0 unspecified atom stereocenters. The van der Waals surface area contributed by atoms with Crippen LogP contribution in [0, 0.1) is 6.92 Å². The molecule has 0 spiro atoms. The maximum absolute atomic E-state index is 5.24. The van der Waals surface area contributed by atoms with E-state index in [1.54, 1.807) is 0 Å². The van der Waals surface area contributed by atoms with Crippen LogP contribution in [0.3, 0.4) is 0 Å². The van der Waals surface area contributed by atoms with E-state index in [2.05, 4.69) is 20.7 Å². The predicted molar refractivity (Wildman–Crippen MR) is 47.3 cm³/mol. The molecule has 0 bridgehead atoms. The first kappa shape index (κ1) is 8.54. The summed E-state index contributed by atoms with van der Waals surface area (Å²) >= 11 is 0. The highest BCUT2D eigenvalue weighted by molar-refractivity contribution is 5.23. The second-order valence-electron chi connectivity index (χ2n) is 2.73. The van der Waals surface area contributed by atoms with Crippen LogP contribution in [0.1, 0.15) is 11.5 Å². The lowest BCUT2D eigenvalue weighted by atomic mass is 10.4. The monoisotopic (exact) mass is 195 g/mol. The summed E-state index contributed by atoms with van der Waals surface area (Å²) in [7, 11) is 0. The first-order valence-electron chi connectivity index (χ1n) is 3.99. The Kier molecular flexibility index (Phi) is 2.05. The molecule has 2 heterocycles. The normalized spacial score (nSPS) is 10.4. The van der Waals surface area contributed by atoms with Crippen LogP contribution in [0.4, 0.5) is 12.0 Å². The number of anilines is 2. The molecule has 3 N–H and O–H groups in total. The summed E-state index contributed by atoms with van der Waals surface area (Å²) in [5, 5.41) is 13.7. The number of nitrogen functional groups attached to an aromatic ring is 1. The van der Waals surface area contributed by atoms with Gasteiger partial charge in [0, 0.05) is 6.07 Å². The summed E-state index contributed by atoms with van der Waals surface area (Å²) in [5.74, 6) is 0.756. The lowest BCUT2D eigenvalue weighted by Crippen LogP contribution is -1.99. The summed E-state index contributed by atoms with van der Waals surface area (Å²) in [5.41, 5.74) is 6.00. The van der Waals surface area contributed by atoms with Crippen molar-refractivity contribution in [2.75, 3.05) is 11.1 Å². The molecule has 0 saturated heterocycles. The summed E-state index contributed by atoms with van der Waals surface area (Å²) in [6.07, 6.45) is 0. The number of aromatic nitrogens is 3. The summed E-state index contributed by atoms with van der Waals surface area (Å²) in [6, 6.07) is 2.11. The molecule has 7 nitrogen and oxygen atoms in total. The first-order valence-corrected chi connectivity index (χ1v) is 3.99. The minimum atomic E-state index is 0.0313. The van der Waals surface area contributed by atoms with Crippen molar-refractivity contribution < 1.29 is 8.94 Å².